The van der Waals surface area contributed by atoms with Gasteiger partial charge < -0.3 is 25.8 Å². The SMILES string of the molecule is CCCCCCCCNC(=O)[C@H](Cc1ccc(OC(=O)OCc2ccncc2)cc1)NC(=O)C1CCC(CN)CC1. The van der Waals surface area contributed by atoms with Crippen molar-refractivity contribution in [3.05, 3.63) is 59.9 Å². The summed E-state index contributed by atoms with van der Waals surface area (Å²) in [5.41, 5.74) is 7.46. The van der Waals surface area contributed by atoms with Crippen LogP contribution < -0.4 is 21.1 Å². The summed E-state index contributed by atoms with van der Waals surface area (Å²) in [4.78, 5) is 42.3. The van der Waals surface area contributed by atoms with E-state index in [1.165, 1.54) is 25.7 Å². The molecule has 1 atom stereocenters. The second kappa shape index (κ2) is 18.1. The van der Waals surface area contributed by atoms with E-state index in [1.54, 1.807) is 48.8 Å². The van der Waals surface area contributed by atoms with Gasteiger partial charge in [0.15, 0.2) is 0 Å². The number of benzene rings is 1. The van der Waals surface area contributed by atoms with Gasteiger partial charge in [-0.3, -0.25) is 14.6 Å². The first-order valence-corrected chi connectivity index (χ1v) is 15.1. The summed E-state index contributed by atoms with van der Waals surface area (Å²) in [6, 6.07) is 9.72. The fourth-order valence-corrected chi connectivity index (χ4v) is 5.08. The number of carbonyl (C=O) groups excluding carboxylic acids is 3. The van der Waals surface area contributed by atoms with E-state index in [9.17, 15) is 14.4 Å². The molecule has 2 amide bonds. The molecule has 224 valence electrons. The van der Waals surface area contributed by atoms with Gasteiger partial charge >= 0.3 is 6.16 Å². The monoisotopic (exact) mass is 566 g/mol. The molecule has 1 aromatic heterocycles. The molecular formula is C32H46N4O5. The minimum Gasteiger partial charge on any atom is -0.429 e. The molecule has 41 heavy (non-hydrogen) atoms. The van der Waals surface area contributed by atoms with Gasteiger partial charge in [0.25, 0.3) is 0 Å². The number of ether oxygens (including phenoxy) is 2. The van der Waals surface area contributed by atoms with Crippen LogP contribution in [-0.4, -0.2) is 42.1 Å². The molecule has 0 bridgehead atoms. The van der Waals surface area contributed by atoms with Crippen LogP contribution in [0.1, 0.15) is 82.3 Å². The van der Waals surface area contributed by atoms with E-state index >= 15 is 0 Å². The maximum Gasteiger partial charge on any atom is 0.514 e. The Morgan fingerprint density at radius 1 is 0.927 bits per heavy atom. The molecule has 0 saturated heterocycles. The molecule has 1 heterocycles. The largest absolute Gasteiger partial charge is 0.514 e. The lowest BCUT2D eigenvalue weighted by Crippen LogP contribution is -2.50. The first kappa shape index (κ1) is 32.1. The van der Waals surface area contributed by atoms with Crippen LogP contribution in [0.15, 0.2) is 48.8 Å². The molecule has 4 N–H and O–H groups in total. The average Bonchev–Trinajstić information content (AvgIpc) is 3.00. The topological polar surface area (TPSA) is 133 Å². The fourth-order valence-electron chi connectivity index (χ4n) is 5.08. The molecule has 9 heteroatoms. The predicted octanol–water partition coefficient (Wildman–Crippen LogP) is 5.07. The maximum absolute atomic E-state index is 13.2. The van der Waals surface area contributed by atoms with Crippen molar-refractivity contribution in [2.45, 2.75) is 90.2 Å². The molecule has 0 spiro atoms. The Morgan fingerprint density at radius 2 is 1.61 bits per heavy atom. The summed E-state index contributed by atoms with van der Waals surface area (Å²) in [5, 5.41) is 6.05. The summed E-state index contributed by atoms with van der Waals surface area (Å²) in [6.45, 7) is 3.52. The van der Waals surface area contributed by atoms with Crippen LogP contribution in [-0.2, 0) is 27.4 Å². The molecule has 0 radical (unpaired) electrons. The van der Waals surface area contributed by atoms with Crippen molar-refractivity contribution in [1.82, 2.24) is 15.6 Å². The van der Waals surface area contributed by atoms with Crippen molar-refractivity contribution in [3.63, 3.8) is 0 Å². The minimum atomic E-state index is -0.807. The minimum absolute atomic E-state index is 0.0721. The number of pyridine rings is 1. The molecule has 9 nitrogen and oxygen atoms in total. The van der Waals surface area contributed by atoms with Crippen LogP contribution in [0.2, 0.25) is 0 Å². The number of rotatable bonds is 16. The van der Waals surface area contributed by atoms with Gasteiger partial charge in [-0.15, -0.1) is 0 Å². The number of nitrogens with two attached hydrogens (primary N) is 1. The zero-order chi connectivity index (χ0) is 29.3. The highest BCUT2D eigenvalue weighted by Crippen LogP contribution is 2.28. The van der Waals surface area contributed by atoms with Crippen molar-refractivity contribution >= 4 is 18.0 Å². The third-order valence-electron chi connectivity index (χ3n) is 7.68. The molecule has 1 aromatic carbocycles. The molecule has 1 aliphatic rings. The Hall–Kier alpha value is -3.46. The first-order chi connectivity index (χ1) is 20.0. The maximum atomic E-state index is 13.2. The van der Waals surface area contributed by atoms with Gasteiger partial charge in [0, 0.05) is 31.3 Å². The van der Waals surface area contributed by atoms with Gasteiger partial charge in [0.05, 0.1) is 0 Å². The van der Waals surface area contributed by atoms with Crippen molar-refractivity contribution in [2.24, 2.45) is 17.6 Å². The van der Waals surface area contributed by atoms with Crippen LogP contribution in [0.25, 0.3) is 0 Å². The normalized spacial score (nSPS) is 17.3. The highest BCUT2D eigenvalue weighted by Gasteiger charge is 2.29. The number of nitrogens with one attached hydrogen (secondary N) is 2. The molecular weight excluding hydrogens is 520 g/mol. The molecule has 3 rings (SSSR count). The second-order valence-electron chi connectivity index (χ2n) is 10.9. The summed E-state index contributed by atoms with van der Waals surface area (Å²) in [5.74, 6) is 0.461. The van der Waals surface area contributed by atoms with Gasteiger partial charge in [-0.05, 0) is 80.0 Å². The van der Waals surface area contributed by atoms with E-state index in [0.29, 0.717) is 31.2 Å². The second-order valence-corrected chi connectivity index (χ2v) is 10.9. The Morgan fingerprint density at radius 3 is 2.29 bits per heavy atom. The quantitative estimate of drug-likeness (QED) is 0.147. The van der Waals surface area contributed by atoms with Crippen molar-refractivity contribution < 1.29 is 23.9 Å². The Bertz CT molecular complexity index is 1060. The number of aromatic nitrogens is 1. The van der Waals surface area contributed by atoms with E-state index in [1.807, 2.05) is 0 Å². The lowest BCUT2D eigenvalue weighted by molar-refractivity contribution is -0.131. The zero-order valence-corrected chi connectivity index (χ0v) is 24.3. The number of hydrogen-bond acceptors (Lipinski definition) is 7. The molecule has 1 fully saturated rings. The van der Waals surface area contributed by atoms with Crippen LogP contribution in [0.4, 0.5) is 4.79 Å². The van der Waals surface area contributed by atoms with Gasteiger partial charge in [-0.1, -0.05) is 51.2 Å². The van der Waals surface area contributed by atoms with Crippen LogP contribution in [0, 0.1) is 11.8 Å². The van der Waals surface area contributed by atoms with E-state index < -0.39 is 12.2 Å². The fraction of sp³-hybridized carbons (Fsp3) is 0.562. The van der Waals surface area contributed by atoms with Gasteiger partial charge in [-0.25, -0.2) is 4.79 Å². The Kier molecular flexibility index (Phi) is 14.1. The molecule has 0 aliphatic heterocycles. The summed E-state index contributed by atoms with van der Waals surface area (Å²) < 4.78 is 10.4. The van der Waals surface area contributed by atoms with Crippen molar-refractivity contribution in [3.8, 4) is 5.75 Å². The van der Waals surface area contributed by atoms with Gasteiger partial charge in [0.2, 0.25) is 11.8 Å². The van der Waals surface area contributed by atoms with E-state index in [4.69, 9.17) is 15.2 Å². The number of nitrogens with zero attached hydrogens (tertiary/aromatic N) is 1. The third-order valence-corrected chi connectivity index (χ3v) is 7.68. The lowest BCUT2D eigenvalue weighted by atomic mass is 9.81. The standard InChI is InChI=1S/C32H46N4O5/c1-2-3-4-5-6-7-18-35-31(38)29(36-30(37)27-12-8-25(22-33)9-13-27)21-24-10-14-28(15-11-24)41-32(39)40-23-26-16-19-34-20-17-26/h10-11,14-17,19-20,25,27,29H,2-9,12-13,18,21-23,33H2,1H3,(H,35,38)(H,36,37)/t25?,27?,29-/m0/s1. The van der Waals surface area contributed by atoms with E-state index in [0.717, 1.165) is 49.7 Å². The number of amides is 2. The van der Waals surface area contributed by atoms with Crippen molar-refractivity contribution in [2.75, 3.05) is 13.1 Å². The first-order valence-electron chi connectivity index (χ1n) is 15.1. The molecule has 1 saturated carbocycles. The highest BCUT2D eigenvalue weighted by atomic mass is 16.7. The smallest absolute Gasteiger partial charge is 0.429 e. The Balaban J connectivity index is 1.53. The average molecular weight is 567 g/mol. The number of carbonyl (C=O) groups is 3. The molecule has 1 aliphatic carbocycles. The van der Waals surface area contributed by atoms with E-state index in [2.05, 4.69) is 22.5 Å². The third kappa shape index (κ3) is 11.9. The lowest BCUT2D eigenvalue weighted by Gasteiger charge is -2.28. The highest BCUT2D eigenvalue weighted by molar-refractivity contribution is 5.88. The predicted molar refractivity (Wildman–Crippen MR) is 158 cm³/mol. The summed E-state index contributed by atoms with van der Waals surface area (Å²) in [6.07, 6.45) is 13.1. The zero-order valence-electron chi connectivity index (χ0n) is 24.3. The van der Waals surface area contributed by atoms with Gasteiger partial charge in [-0.2, -0.15) is 0 Å². The summed E-state index contributed by atoms with van der Waals surface area (Å²) in [7, 11) is 0. The van der Waals surface area contributed by atoms with Crippen molar-refractivity contribution in [1.29, 1.82) is 0 Å². The van der Waals surface area contributed by atoms with Gasteiger partial charge in [0.1, 0.15) is 18.4 Å². The molecule has 2 aromatic rings. The van der Waals surface area contributed by atoms with E-state index in [-0.39, 0.29) is 24.3 Å². The number of hydrogen-bond donors (Lipinski definition) is 3. The van der Waals surface area contributed by atoms with Crippen LogP contribution in [0.3, 0.4) is 0 Å². The summed E-state index contributed by atoms with van der Waals surface area (Å²) >= 11 is 0. The Labute approximate surface area is 244 Å². The van der Waals surface area contributed by atoms with Crippen LogP contribution >= 0.6 is 0 Å². The van der Waals surface area contributed by atoms with Crippen LogP contribution in [0.5, 0.6) is 5.75 Å². The number of unbranched alkanes of at least 4 members (excludes halogenated alkanes) is 5. The molecule has 0 unspecified atom stereocenters.